The van der Waals surface area contributed by atoms with E-state index in [4.69, 9.17) is 4.74 Å². The number of nitrogens with zero attached hydrogens (tertiary/aromatic N) is 3. The molecule has 1 aromatic carbocycles. The maximum atomic E-state index is 6.00. The predicted octanol–water partition coefficient (Wildman–Crippen LogP) is 2.08. The number of guanidine groups is 1. The Morgan fingerprint density at radius 3 is 2.37 bits per heavy atom. The molecule has 0 saturated carbocycles. The second-order valence-electron chi connectivity index (χ2n) is 5.04. The van der Waals surface area contributed by atoms with Gasteiger partial charge >= 0.3 is 0 Å². The van der Waals surface area contributed by atoms with Crippen molar-refractivity contribution in [3.63, 3.8) is 0 Å². The molecule has 1 saturated heterocycles. The van der Waals surface area contributed by atoms with Crippen LogP contribution >= 0.6 is 0 Å². The fourth-order valence-electron chi connectivity index (χ4n) is 2.49. The molecule has 0 N–H and O–H groups in total. The van der Waals surface area contributed by atoms with Crippen molar-refractivity contribution < 1.29 is 4.74 Å². The maximum absolute atomic E-state index is 6.00. The van der Waals surface area contributed by atoms with Gasteiger partial charge in [0.25, 0.3) is 0 Å². The molecule has 0 bridgehead atoms. The highest BCUT2D eigenvalue weighted by Gasteiger charge is 2.23. The Morgan fingerprint density at radius 1 is 1.21 bits per heavy atom. The number of para-hydroxylation sites is 1. The molecule has 1 aliphatic rings. The molecule has 1 aliphatic heterocycles. The molecule has 1 heterocycles. The monoisotopic (exact) mass is 261 g/mol. The summed E-state index contributed by atoms with van der Waals surface area (Å²) in [7, 11) is 5.92. The van der Waals surface area contributed by atoms with E-state index in [0.29, 0.717) is 6.10 Å². The Kier molecular flexibility index (Phi) is 4.66. The lowest BCUT2D eigenvalue weighted by Gasteiger charge is -2.36. The quantitative estimate of drug-likeness (QED) is 0.602. The van der Waals surface area contributed by atoms with Crippen LogP contribution < -0.4 is 4.74 Å². The summed E-state index contributed by atoms with van der Waals surface area (Å²) in [6.07, 6.45) is 2.41. The number of hydrogen-bond acceptors (Lipinski definition) is 2. The first-order chi connectivity index (χ1) is 9.20. The minimum atomic E-state index is 0.318. The first kappa shape index (κ1) is 13.7. The Hall–Kier alpha value is -1.71. The van der Waals surface area contributed by atoms with E-state index in [0.717, 1.165) is 37.6 Å². The van der Waals surface area contributed by atoms with Gasteiger partial charge in [-0.2, -0.15) is 0 Å². The number of likely N-dealkylation sites (tertiary alicyclic amines) is 1. The van der Waals surface area contributed by atoms with E-state index in [1.165, 1.54) is 0 Å². The van der Waals surface area contributed by atoms with Crippen molar-refractivity contribution in [3.05, 3.63) is 30.3 Å². The van der Waals surface area contributed by atoms with Gasteiger partial charge < -0.3 is 14.5 Å². The standard InChI is InChI=1S/C15H23N3O/c1-16-15(17(2)3)18-11-9-14(10-12-18)19-13-7-5-4-6-8-13/h4-8,14H,9-12H2,1-3H3. The van der Waals surface area contributed by atoms with E-state index in [2.05, 4.69) is 14.8 Å². The largest absolute Gasteiger partial charge is 0.490 e. The van der Waals surface area contributed by atoms with E-state index >= 15 is 0 Å². The topological polar surface area (TPSA) is 28.1 Å². The molecule has 1 aromatic rings. The number of rotatable bonds is 2. The second-order valence-corrected chi connectivity index (χ2v) is 5.04. The third-order valence-electron chi connectivity index (χ3n) is 3.37. The van der Waals surface area contributed by atoms with Gasteiger partial charge in [-0.05, 0) is 12.1 Å². The minimum Gasteiger partial charge on any atom is -0.490 e. The third kappa shape index (κ3) is 3.63. The molecule has 0 spiro atoms. The van der Waals surface area contributed by atoms with E-state index in [1.807, 2.05) is 51.5 Å². The van der Waals surface area contributed by atoms with Crippen LogP contribution in [0.5, 0.6) is 5.75 Å². The van der Waals surface area contributed by atoms with Crippen LogP contribution in [0, 0.1) is 0 Å². The van der Waals surface area contributed by atoms with E-state index in [-0.39, 0.29) is 0 Å². The summed E-state index contributed by atoms with van der Waals surface area (Å²) >= 11 is 0. The number of benzene rings is 1. The predicted molar refractivity (Wildman–Crippen MR) is 78.7 cm³/mol. The van der Waals surface area contributed by atoms with Gasteiger partial charge in [-0.3, -0.25) is 4.99 Å². The highest BCUT2D eigenvalue weighted by Crippen LogP contribution is 2.19. The molecule has 2 rings (SSSR count). The molecule has 0 amide bonds. The molecule has 4 heteroatoms. The van der Waals surface area contributed by atoms with Crippen molar-refractivity contribution in [3.8, 4) is 5.75 Å². The van der Waals surface area contributed by atoms with E-state index < -0.39 is 0 Å². The van der Waals surface area contributed by atoms with Crippen LogP contribution in [-0.2, 0) is 0 Å². The SMILES string of the molecule is CN=C(N(C)C)N1CCC(Oc2ccccc2)CC1. The number of hydrogen-bond donors (Lipinski definition) is 0. The number of piperidine rings is 1. The van der Waals surface area contributed by atoms with Crippen LogP contribution in [0.25, 0.3) is 0 Å². The zero-order valence-electron chi connectivity index (χ0n) is 12.0. The summed E-state index contributed by atoms with van der Waals surface area (Å²) in [6, 6.07) is 10.1. The van der Waals surface area contributed by atoms with Crippen molar-refractivity contribution in [2.24, 2.45) is 4.99 Å². The lowest BCUT2D eigenvalue weighted by atomic mass is 10.1. The van der Waals surface area contributed by atoms with Gasteiger partial charge in [0.2, 0.25) is 0 Å². The first-order valence-corrected chi connectivity index (χ1v) is 6.81. The van der Waals surface area contributed by atoms with Crippen molar-refractivity contribution in [2.75, 3.05) is 34.2 Å². The zero-order chi connectivity index (χ0) is 13.7. The molecule has 0 aromatic heterocycles. The number of ether oxygens (including phenoxy) is 1. The molecule has 19 heavy (non-hydrogen) atoms. The Bertz CT molecular complexity index is 409. The highest BCUT2D eigenvalue weighted by molar-refractivity contribution is 5.79. The van der Waals surface area contributed by atoms with Gasteiger partial charge in [-0.15, -0.1) is 0 Å². The zero-order valence-corrected chi connectivity index (χ0v) is 12.0. The molecule has 0 radical (unpaired) electrons. The van der Waals surface area contributed by atoms with Crippen LogP contribution in [0.2, 0.25) is 0 Å². The average molecular weight is 261 g/mol. The summed E-state index contributed by atoms with van der Waals surface area (Å²) in [5.41, 5.74) is 0. The molecule has 104 valence electrons. The molecular weight excluding hydrogens is 238 g/mol. The van der Waals surface area contributed by atoms with Crippen molar-refractivity contribution in [1.29, 1.82) is 0 Å². The van der Waals surface area contributed by atoms with Crippen LogP contribution in [0.1, 0.15) is 12.8 Å². The summed E-state index contributed by atoms with van der Waals surface area (Å²) in [5.74, 6) is 2.02. The van der Waals surface area contributed by atoms with Crippen molar-refractivity contribution in [1.82, 2.24) is 9.80 Å². The fourth-order valence-corrected chi connectivity index (χ4v) is 2.49. The van der Waals surface area contributed by atoms with Crippen LogP contribution in [-0.4, -0.2) is 56.1 Å². The third-order valence-corrected chi connectivity index (χ3v) is 3.37. The first-order valence-electron chi connectivity index (χ1n) is 6.81. The normalized spacial score (nSPS) is 17.4. The summed E-state index contributed by atoms with van der Waals surface area (Å²) in [6.45, 7) is 2.00. The van der Waals surface area contributed by atoms with Crippen LogP contribution in [0.4, 0.5) is 0 Å². The molecule has 1 fully saturated rings. The summed E-state index contributed by atoms with van der Waals surface area (Å²) in [5, 5.41) is 0. The van der Waals surface area contributed by atoms with Crippen molar-refractivity contribution >= 4 is 5.96 Å². The molecule has 4 nitrogen and oxygen atoms in total. The van der Waals surface area contributed by atoms with Gasteiger partial charge in [0.1, 0.15) is 11.9 Å². The molecule has 0 atom stereocenters. The van der Waals surface area contributed by atoms with Crippen LogP contribution in [0.3, 0.4) is 0 Å². The Balaban J connectivity index is 1.86. The van der Waals surface area contributed by atoms with Gasteiger partial charge in [-0.1, -0.05) is 18.2 Å². The van der Waals surface area contributed by atoms with E-state index in [9.17, 15) is 0 Å². The molecule has 0 aliphatic carbocycles. The maximum Gasteiger partial charge on any atom is 0.195 e. The average Bonchev–Trinajstić information content (AvgIpc) is 2.42. The van der Waals surface area contributed by atoms with Crippen LogP contribution in [0.15, 0.2) is 35.3 Å². The summed E-state index contributed by atoms with van der Waals surface area (Å²) in [4.78, 5) is 8.74. The Morgan fingerprint density at radius 2 is 1.84 bits per heavy atom. The molecular formula is C15H23N3O. The lowest BCUT2D eigenvalue weighted by Crippen LogP contribution is -2.46. The highest BCUT2D eigenvalue weighted by atomic mass is 16.5. The molecule has 0 unspecified atom stereocenters. The van der Waals surface area contributed by atoms with Gasteiger partial charge in [0, 0.05) is 47.1 Å². The summed E-state index contributed by atoms with van der Waals surface area (Å²) < 4.78 is 6.00. The van der Waals surface area contributed by atoms with Gasteiger partial charge in [0.05, 0.1) is 0 Å². The fraction of sp³-hybridized carbons (Fsp3) is 0.533. The smallest absolute Gasteiger partial charge is 0.195 e. The lowest BCUT2D eigenvalue weighted by molar-refractivity contribution is 0.126. The van der Waals surface area contributed by atoms with Gasteiger partial charge in [-0.25, -0.2) is 0 Å². The Labute approximate surface area is 115 Å². The number of aliphatic imine (C=N–C) groups is 1. The second kappa shape index (κ2) is 6.45. The van der Waals surface area contributed by atoms with E-state index in [1.54, 1.807) is 0 Å². The minimum absolute atomic E-state index is 0.318. The van der Waals surface area contributed by atoms with Crippen molar-refractivity contribution in [2.45, 2.75) is 18.9 Å². The van der Waals surface area contributed by atoms with Gasteiger partial charge in [0.15, 0.2) is 5.96 Å².